The minimum absolute atomic E-state index is 0.0195. The van der Waals surface area contributed by atoms with Gasteiger partial charge < -0.3 is 14.6 Å². The van der Waals surface area contributed by atoms with Crippen molar-refractivity contribution in [2.45, 2.75) is 6.54 Å². The van der Waals surface area contributed by atoms with Gasteiger partial charge in [0.15, 0.2) is 0 Å². The van der Waals surface area contributed by atoms with Crippen molar-refractivity contribution in [2.75, 3.05) is 24.2 Å². The third-order valence-corrected chi connectivity index (χ3v) is 5.11. The molecule has 0 spiro atoms. The molecule has 1 heterocycles. The van der Waals surface area contributed by atoms with Crippen LogP contribution in [0.3, 0.4) is 0 Å². The average Bonchev–Trinajstić information content (AvgIpc) is 3.19. The fraction of sp³-hybridized carbons (Fsp3) is 0.211. The Bertz CT molecular complexity index is 1080. The van der Waals surface area contributed by atoms with Crippen molar-refractivity contribution < 1.29 is 22.5 Å². The highest BCUT2D eigenvalue weighted by Gasteiger charge is 2.21. The van der Waals surface area contributed by atoms with Gasteiger partial charge in [-0.05, 0) is 12.1 Å². The van der Waals surface area contributed by atoms with E-state index in [1.54, 1.807) is 24.3 Å². The molecule has 1 N–H and O–H groups in total. The Balaban J connectivity index is 1.66. The summed E-state index contributed by atoms with van der Waals surface area (Å²) in [5.41, 5.74) is 1.11. The predicted molar refractivity (Wildman–Crippen MR) is 107 cm³/mol. The zero-order valence-corrected chi connectivity index (χ0v) is 16.7. The van der Waals surface area contributed by atoms with Gasteiger partial charge in [0, 0.05) is 11.6 Å². The third kappa shape index (κ3) is 5.32. The quantitative estimate of drug-likeness (QED) is 0.596. The van der Waals surface area contributed by atoms with E-state index in [9.17, 15) is 13.2 Å². The number of benzene rings is 2. The lowest BCUT2D eigenvalue weighted by molar-refractivity contribution is -0.119. The number of hydrogen-bond donors (Lipinski definition) is 1. The summed E-state index contributed by atoms with van der Waals surface area (Å²) in [5, 5.41) is 6.47. The highest BCUT2D eigenvalue weighted by molar-refractivity contribution is 7.92. The Labute approximate surface area is 168 Å². The van der Waals surface area contributed by atoms with Gasteiger partial charge in [0.1, 0.15) is 12.3 Å². The molecule has 0 fully saturated rings. The Hall–Kier alpha value is -3.40. The number of nitrogens with one attached hydrogen (secondary N) is 1. The van der Waals surface area contributed by atoms with Crippen molar-refractivity contribution >= 4 is 21.6 Å². The number of rotatable bonds is 8. The van der Waals surface area contributed by atoms with E-state index in [1.165, 1.54) is 7.11 Å². The molecule has 1 amide bonds. The van der Waals surface area contributed by atoms with E-state index >= 15 is 0 Å². The van der Waals surface area contributed by atoms with Crippen LogP contribution in [0.1, 0.15) is 5.89 Å². The molecule has 9 nitrogen and oxygen atoms in total. The molecule has 3 aromatic rings. The van der Waals surface area contributed by atoms with Crippen LogP contribution >= 0.6 is 0 Å². The van der Waals surface area contributed by atoms with E-state index in [0.29, 0.717) is 17.3 Å². The third-order valence-electron chi connectivity index (χ3n) is 3.97. The maximum absolute atomic E-state index is 12.3. The molecule has 2 aromatic carbocycles. The second kappa shape index (κ2) is 8.74. The first-order valence-corrected chi connectivity index (χ1v) is 10.5. The standard InChI is InChI=1S/C19H20N4O5S/c1-27-16-10-6-9-15(11-16)23(29(2,25)26)13-17(24)20-12-18-21-19(22-28-18)14-7-4-3-5-8-14/h3-11H,12-13H2,1-2H3,(H,20,24). The maximum Gasteiger partial charge on any atom is 0.246 e. The Morgan fingerprint density at radius 2 is 1.93 bits per heavy atom. The van der Waals surface area contributed by atoms with Gasteiger partial charge in [-0.25, -0.2) is 8.42 Å². The molecule has 0 radical (unpaired) electrons. The molecule has 0 bridgehead atoms. The first-order chi connectivity index (χ1) is 13.9. The summed E-state index contributed by atoms with van der Waals surface area (Å²) in [7, 11) is -2.21. The summed E-state index contributed by atoms with van der Waals surface area (Å²) >= 11 is 0. The summed E-state index contributed by atoms with van der Waals surface area (Å²) in [6, 6.07) is 15.7. The van der Waals surface area contributed by atoms with Crippen molar-refractivity contribution in [3.63, 3.8) is 0 Å². The van der Waals surface area contributed by atoms with Crippen LogP contribution in [0, 0.1) is 0 Å². The molecule has 10 heteroatoms. The van der Waals surface area contributed by atoms with Crippen LogP contribution in [-0.2, 0) is 21.4 Å². The lowest BCUT2D eigenvalue weighted by Crippen LogP contribution is -2.40. The van der Waals surface area contributed by atoms with Crippen LogP contribution in [0.4, 0.5) is 5.69 Å². The molecule has 3 rings (SSSR count). The van der Waals surface area contributed by atoms with Crippen LogP contribution in [-0.4, -0.2) is 44.4 Å². The second-order valence-corrected chi connectivity index (χ2v) is 8.03. The first kappa shape index (κ1) is 20.3. The SMILES string of the molecule is COc1cccc(N(CC(=O)NCc2nc(-c3ccccc3)no2)S(C)(=O)=O)c1. The molecular weight excluding hydrogens is 396 g/mol. The fourth-order valence-electron chi connectivity index (χ4n) is 2.56. The topological polar surface area (TPSA) is 115 Å². The summed E-state index contributed by atoms with van der Waals surface area (Å²) < 4.78 is 35.6. The molecule has 0 saturated heterocycles. The van der Waals surface area contributed by atoms with Gasteiger partial charge in [-0.15, -0.1) is 0 Å². The second-order valence-electron chi connectivity index (χ2n) is 6.13. The highest BCUT2D eigenvalue weighted by atomic mass is 32.2. The van der Waals surface area contributed by atoms with Crippen molar-refractivity contribution in [3.05, 3.63) is 60.5 Å². The number of hydrogen-bond acceptors (Lipinski definition) is 7. The predicted octanol–water partition coefficient (Wildman–Crippen LogP) is 1.83. The Kier molecular flexibility index (Phi) is 6.13. The van der Waals surface area contributed by atoms with E-state index in [2.05, 4.69) is 15.5 Å². The van der Waals surface area contributed by atoms with Crippen LogP contribution in [0.2, 0.25) is 0 Å². The lowest BCUT2D eigenvalue weighted by atomic mass is 10.2. The minimum atomic E-state index is -3.69. The number of aromatic nitrogens is 2. The molecule has 152 valence electrons. The summed E-state index contributed by atoms with van der Waals surface area (Å²) in [5.74, 6) is 0.585. The number of carbonyl (C=O) groups is 1. The van der Waals surface area contributed by atoms with Gasteiger partial charge in [0.25, 0.3) is 0 Å². The van der Waals surface area contributed by atoms with Crippen LogP contribution < -0.4 is 14.4 Å². The zero-order chi connectivity index (χ0) is 20.9. The molecule has 0 aliphatic rings. The molecule has 29 heavy (non-hydrogen) atoms. The normalized spacial score (nSPS) is 11.1. The van der Waals surface area contributed by atoms with E-state index < -0.39 is 22.5 Å². The molecule has 0 saturated carbocycles. The molecule has 0 aliphatic carbocycles. The van der Waals surface area contributed by atoms with E-state index in [1.807, 2.05) is 30.3 Å². The number of nitrogens with zero attached hydrogens (tertiary/aromatic N) is 3. The summed E-state index contributed by atoms with van der Waals surface area (Å²) in [6.07, 6.45) is 1.03. The number of sulfonamides is 1. The first-order valence-electron chi connectivity index (χ1n) is 8.63. The highest BCUT2D eigenvalue weighted by Crippen LogP contribution is 2.22. The summed E-state index contributed by atoms with van der Waals surface area (Å²) in [6.45, 7) is -0.417. The van der Waals surface area contributed by atoms with Crippen molar-refractivity contribution in [1.82, 2.24) is 15.5 Å². The number of amides is 1. The van der Waals surface area contributed by atoms with Crippen molar-refractivity contribution in [3.8, 4) is 17.1 Å². The van der Waals surface area contributed by atoms with Gasteiger partial charge in [-0.1, -0.05) is 41.6 Å². The fourth-order valence-corrected chi connectivity index (χ4v) is 3.41. The molecule has 1 aromatic heterocycles. The Morgan fingerprint density at radius 3 is 2.62 bits per heavy atom. The number of carbonyl (C=O) groups excluding carboxylic acids is 1. The van der Waals surface area contributed by atoms with E-state index in [4.69, 9.17) is 9.26 Å². The number of anilines is 1. The number of ether oxygens (including phenoxy) is 1. The van der Waals surface area contributed by atoms with Crippen molar-refractivity contribution in [2.24, 2.45) is 0 Å². The monoisotopic (exact) mass is 416 g/mol. The molecular formula is C19H20N4O5S. The smallest absolute Gasteiger partial charge is 0.246 e. The van der Waals surface area contributed by atoms with Crippen molar-refractivity contribution in [1.29, 1.82) is 0 Å². The lowest BCUT2D eigenvalue weighted by Gasteiger charge is -2.22. The van der Waals surface area contributed by atoms with Gasteiger partial charge in [0.05, 0.1) is 25.6 Å². The molecule has 0 unspecified atom stereocenters. The maximum atomic E-state index is 12.3. The van der Waals surface area contributed by atoms with Gasteiger partial charge in [0.2, 0.25) is 27.6 Å². The van der Waals surface area contributed by atoms with Gasteiger partial charge in [-0.2, -0.15) is 4.98 Å². The van der Waals surface area contributed by atoms with E-state index in [-0.39, 0.29) is 12.4 Å². The molecule has 0 atom stereocenters. The average molecular weight is 416 g/mol. The van der Waals surface area contributed by atoms with Crippen LogP contribution in [0.25, 0.3) is 11.4 Å². The minimum Gasteiger partial charge on any atom is -0.497 e. The van der Waals surface area contributed by atoms with E-state index in [0.717, 1.165) is 16.1 Å². The molecule has 0 aliphatic heterocycles. The zero-order valence-electron chi connectivity index (χ0n) is 15.9. The Morgan fingerprint density at radius 1 is 1.17 bits per heavy atom. The largest absolute Gasteiger partial charge is 0.497 e. The number of methoxy groups -OCH3 is 1. The van der Waals surface area contributed by atoms with Gasteiger partial charge >= 0.3 is 0 Å². The van der Waals surface area contributed by atoms with Crippen LogP contribution in [0.5, 0.6) is 5.75 Å². The van der Waals surface area contributed by atoms with Gasteiger partial charge in [-0.3, -0.25) is 9.10 Å². The van der Waals surface area contributed by atoms with Crippen LogP contribution in [0.15, 0.2) is 59.1 Å². The summed E-state index contributed by atoms with van der Waals surface area (Å²) in [4.78, 5) is 16.6.